The van der Waals surface area contributed by atoms with E-state index in [0.717, 1.165) is 55.8 Å². The highest BCUT2D eigenvalue weighted by Crippen LogP contribution is 2.24. The van der Waals surface area contributed by atoms with Gasteiger partial charge in [-0.25, -0.2) is 0 Å². The number of anilines is 1. The fourth-order valence-corrected chi connectivity index (χ4v) is 4.38. The molecule has 0 aliphatic carbocycles. The summed E-state index contributed by atoms with van der Waals surface area (Å²) in [7, 11) is 0. The number of rotatable bonds is 14. The van der Waals surface area contributed by atoms with Crippen molar-refractivity contribution in [2.75, 3.05) is 18.8 Å². The molecule has 0 fully saturated rings. The second kappa shape index (κ2) is 14.1. The summed E-state index contributed by atoms with van der Waals surface area (Å²) in [6.07, 6.45) is 4.12. The average molecular weight is 495 g/mol. The molecule has 0 saturated carbocycles. The first-order valence-corrected chi connectivity index (χ1v) is 13.3. The second-order valence-electron chi connectivity index (χ2n) is 9.35. The van der Waals surface area contributed by atoms with Crippen molar-refractivity contribution >= 4 is 5.69 Å². The lowest BCUT2D eigenvalue weighted by molar-refractivity contribution is 0.306. The fourth-order valence-electron chi connectivity index (χ4n) is 4.38. The van der Waals surface area contributed by atoms with Gasteiger partial charge < -0.3 is 20.5 Å². The van der Waals surface area contributed by atoms with Crippen molar-refractivity contribution in [1.29, 1.82) is 0 Å². The monoisotopic (exact) mass is 494 g/mol. The molecule has 4 rings (SSSR count). The van der Waals surface area contributed by atoms with Gasteiger partial charge >= 0.3 is 0 Å². The first kappa shape index (κ1) is 26.3. The maximum atomic E-state index is 6.25. The molecule has 192 valence electrons. The highest BCUT2D eigenvalue weighted by Gasteiger charge is 2.06. The zero-order valence-corrected chi connectivity index (χ0v) is 21.8. The van der Waals surface area contributed by atoms with Crippen LogP contribution in [0.2, 0.25) is 0 Å². The molecule has 4 nitrogen and oxygen atoms in total. The summed E-state index contributed by atoms with van der Waals surface area (Å²) in [6, 6.07) is 33.1. The van der Waals surface area contributed by atoms with E-state index in [1.807, 2.05) is 48.5 Å². The van der Waals surface area contributed by atoms with Crippen LogP contribution in [0.25, 0.3) is 0 Å². The highest BCUT2D eigenvalue weighted by molar-refractivity contribution is 5.54. The Morgan fingerprint density at radius 3 is 1.97 bits per heavy atom. The Kier molecular flexibility index (Phi) is 10.0. The Labute approximate surface area is 221 Å². The minimum atomic E-state index is 0.520. The molecule has 0 amide bonds. The van der Waals surface area contributed by atoms with Crippen LogP contribution in [0.1, 0.15) is 41.2 Å². The molecule has 0 bridgehead atoms. The van der Waals surface area contributed by atoms with Crippen LogP contribution < -0.4 is 20.5 Å². The third-order valence-electron chi connectivity index (χ3n) is 6.42. The summed E-state index contributed by atoms with van der Waals surface area (Å²) < 4.78 is 11.9. The standard InChI is InChI=1S/C33H38N2O2/c1-2-9-30-23-31(36-24-27-10-5-3-6-11-27)16-15-29(30)19-21-35-20-18-26-14-17-33(32(34)22-26)37-25-28-12-7-4-8-13-28/h3-8,10-17,22-23,35H,2,9,18-21,24-25,34H2,1H3. The van der Waals surface area contributed by atoms with Crippen LogP contribution in [-0.2, 0) is 32.5 Å². The molecule has 0 aromatic heterocycles. The molecule has 4 aromatic rings. The van der Waals surface area contributed by atoms with Gasteiger partial charge in [-0.2, -0.15) is 0 Å². The second-order valence-corrected chi connectivity index (χ2v) is 9.35. The number of benzene rings is 4. The predicted molar refractivity (Wildman–Crippen MR) is 153 cm³/mol. The minimum Gasteiger partial charge on any atom is -0.489 e. The third-order valence-corrected chi connectivity index (χ3v) is 6.42. The van der Waals surface area contributed by atoms with Crippen molar-refractivity contribution in [2.45, 2.75) is 45.8 Å². The van der Waals surface area contributed by atoms with Crippen LogP contribution in [0.5, 0.6) is 11.5 Å². The quantitative estimate of drug-likeness (QED) is 0.150. The predicted octanol–water partition coefficient (Wildman–Crippen LogP) is 6.75. The number of aryl methyl sites for hydroxylation is 1. The first-order chi connectivity index (χ1) is 18.2. The van der Waals surface area contributed by atoms with Gasteiger partial charge in [-0.05, 0) is 84.4 Å². The van der Waals surface area contributed by atoms with E-state index in [9.17, 15) is 0 Å². The van der Waals surface area contributed by atoms with Gasteiger partial charge in [0.15, 0.2) is 0 Å². The van der Waals surface area contributed by atoms with E-state index in [0.29, 0.717) is 18.9 Å². The molecule has 0 atom stereocenters. The van der Waals surface area contributed by atoms with E-state index < -0.39 is 0 Å². The Hall–Kier alpha value is -3.76. The van der Waals surface area contributed by atoms with Crippen molar-refractivity contribution in [3.63, 3.8) is 0 Å². The van der Waals surface area contributed by atoms with E-state index in [-0.39, 0.29) is 0 Å². The molecule has 0 aliphatic heterocycles. The zero-order chi connectivity index (χ0) is 25.7. The summed E-state index contributed by atoms with van der Waals surface area (Å²) in [4.78, 5) is 0. The lowest BCUT2D eigenvalue weighted by Crippen LogP contribution is -2.20. The maximum Gasteiger partial charge on any atom is 0.142 e. The zero-order valence-electron chi connectivity index (χ0n) is 21.8. The molecule has 37 heavy (non-hydrogen) atoms. The van der Waals surface area contributed by atoms with Crippen LogP contribution in [0, 0.1) is 0 Å². The van der Waals surface area contributed by atoms with E-state index in [2.05, 4.69) is 60.8 Å². The highest BCUT2D eigenvalue weighted by atomic mass is 16.5. The van der Waals surface area contributed by atoms with Gasteiger partial charge in [0, 0.05) is 0 Å². The van der Waals surface area contributed by atoms with Gasteiger partial charge in [0.25, 0.3) is 0 Å². The molecule has 0 aliphatic rings. The van der Waals surface area contributed by atoms with Crippen molar-refractivity contribution < 1.29 is 9.47 Å². The number of nitrogens with two attached hydrogens (primary N) is 1. The van der Waals surface area contributed by atoms with Gasteiger partial charge in [0.1, 0.15) is 24.7 Å². The largest absolute Gasteiger partial charge is 0.489 e. The van der Waals surface area contributed by atoms with Gasteiger partial charge in [0.2, 0.25) is 0 Å². The van der Waals surface area contributed by atoms with Crippen LogP contribution in [0.15, 0.2) is 97.1 Å². The van der Waals surface area contributed by atoms with Crippen LogP contribution in [0.3, 0.4) is 0 Å². The summed E-state index contributed by atoms with van der Waals surface area (Å²) in [5.41, 5.74) is 13.2. The smallest absolute Gasteiger partial charge is 0.142 e. The first-order valence-electron chi connectivity index (χ1n) is 13.3. The molecule has 0 spiro atoms. The normalized spacial score (nSPS) is 10.8. The molecular formula is C33H38N2O2. The maximum absolute atomic E-state index is 6.25. The molecule has 4 heteroatoms. The summed E-state index contributed by atoms with van der Waals surface area (Å²) in [5, 5.41) is 3.59. The molecule has 0 radical (unpaired) electrons. The van der Waals surface area contributed by atoms with Crippen LogP contribution in [-0.4, -0.2) is 13.1 Å². The number of nitrogen functional groups attached to an aromatic ring is 1. The fraction of sp³-hybridized carbons (Fsp3) is 0.273. The minimum absolute atomic E-state index is 0.520. The van der Waals surface area contributed by atoms with E-state index in [1.165, 1.54) is 22.3 Å². The number of hydrogen-bond donors (Lipinski definition) is 2. The lowest BCUT2D eigenvalue weighted by Gasteiger charge is -2.13. The number of nitrogens with one attached hydrogen (secondary N) is 1. The topological polar surface area (TPSA) is 56.5 Å². The molecular weight excluding hydrogens is 456 g/mol. The average Bonchev–Trinajstić information content (AvgIpc) is 2.93. The summed E-state index contributed by atoms with van der Waals surface area (Å²) in [5.74, 6) is 1.68. The van der Waals surface area contributed by atoms with E-state index in [1.54, 1.807) is 0 Å². The van der Waals surface area contributed by atoms with Gasteiger partial charge in [0.05, 0.1) is 5.69 Å². The van der Waals surface area contributed by atoms with Crippen molar-refractivity contribution in [3.05, 3.63) is 125 Å². The molecule has 0 saturated heterocycles. The molecule has 4 aromatic carbocycles. The summed E-state index contributed by atoms with van der Waals surface area (Å²) in [6.45, 7) is 5.19. The van der Waals surface area contributed by atoms with Crippen molar-refractivity contribution in [2.24, 2.45) is 0 Å². The van der Waals surface area contributed by atoms with Crippen molar-refractivity contribution in [1.82, 2.24) is 5.32 Å². The van der Waals surface area contributed by atoms with E-state index >= 15 is 0 Å². The van der Waals surface area contributed by atoms with Crippen LogP contribution >= 0.6 is 0 Å². The Morgan fingerprint density at radius 2 is 1.30 bits per heavy atom. The Morgan fingerprint density at radius 1 is 0.622 bits per heavy atom. The molecule has 3 N–H and O–H groups in total. The van der Waals surface area contributed by atoms with Gasteiger partial charge in [-0.1, -0.05) is 86.1 Å². The van der Waals surface area contributed by atoms with Gasteiger partial charge in [-0.3, -0.25) is 0 Å². The third kappa shape index (κ3) is 8.40. The van der Waals surface area contributed by atoms with Crippen LogP contribution in [0.4, 0.5) is 5.69 Å². The SMILES string of the molecule is CCCc1cc(OCc2ccccc2)ccc1CCNCCc1ccc(OCc2ccccc2)c(N)c1. The van der Waals surface area contributed by atoms with Gasteiger partial charge in [-0.15, -0.1) is 0 Å². The lowest BCUT2D eigenvalue weighted by atomic mass is 10.00. The Balaban J connectivity index is 1.21. The number of hydrogen-bond acceptors (Lipinski definition) is 4. The molecule has 0 heterocycles. The van der Waals surface area contributed by atoms with E-state index in [4.69, 9.17) is 15.2 Å². The number of ether oxygens (including phenoxy) is 2. The Bertz CT molecular complexity index is 1230. The molecule has 0 unspecified atom stereocenters. The summed E-state index contributed by atoms with van der Waals surface area (Å²) >= 11 is 0. The van der Waals surface area contributed by atoms with Crippen molar-refractivity contribution in [3.8, 4) is 11.5 Å².